The van der Waals surface area contributed by atoms with Crippen LogP contribution in [-0.4, -0.2) is 77.7 Å². The molecule has 2 saturated heterocycles. The highest BCUT2D eigenvalue weighted by Gasteiger charge is 2.31. The number of rotatable bonds is 4. The molecule has 0 spiro atoms. The lowest BCUT2D eigenvalue weighted by atomic mass is 10.0. The Morgan fingerprint density at radius 3 is 2.44 bits per heavy atom. The van der Waals surface area contributed by atoms with Gasteiger partial charge in [-0.15, -0.1) is 11.3 Å². The van der Waals surface area contributed by atoms with Crippen LogP contribution in [0.25, 0.3) is 0 Å². The average molecular weight is 364 g/mol. The van der Waals surface area contributed by atoms with Gasteiger partial charge < -0.3 is 15.5 Å². The van der Waals surface area contributed by atoms with E-state index in [0.29, 0.717) is 26.2 Å². The third-order valence-electron chi connectivity index (χ3n) is 4.93. The number of piperazine rings is 1. The van der Waals surface area contributed by atoms with E-state index >= 15 is 0 Å². The molecule has 3 heterocycles. The third-order valence-corrected chi connectivity index (χ3v) is 5.79. The van der Waals surface area contributed by atoms with E-state index in [0.717, 1.165) is 30.7 Å². The van der Waals surface area contributed by atoms with Crippen molar-refractivity contribution in [2.75, 3.05) is 39.3 Å². The molecule has 8 heteroatoms. The topological polar surface area (TPSA) is 86.9 Å². The number of carbonyl (C=O) groups is 3. The molecule has 136 valence electrons. The Morgan fingerprint density at radius 1 is 1.08 bits per heavy atom. The maximum atomic E-state index is 12.6. The minimum atomic E-state index is -0.348. The van der Waals surface area contributed by atoms with Gasteiger partial charge in [0.2, 0.25) is 11.8 Å². The number of amides is 3. The average Bonchev–Trinajstić information content (AvgIpc) is 3.16. The fraction of sp³-hybridized carbons (Fsp3) is 0.588. The highest BCUT2D eigenvalue weighted by molar-refractivity contribution is 7.12. The number of hydrogen-bond acceptors (Lipinski definition) is 5. The number of primary amides is 1. The molecule has 7 nitrogen and oxygen atoms in total. The quantitative estimate of drug-likeness (QED) is 0.836. The first-order chi connectivity index (χ1) is 12.1. The summed E-state index contributed by atoms with van der Waals surface area (Å²) in [7, 11) is 0. The number of nitrogens with zero attached hydrogens (tertiary/aromatic N) is 3. The van der Waals surface area contributed by atoms with Gasteiger partial charge in [-0.2, -0.15) is 0 Å². The van der Waals surface area contributed by atoms with E-state index in [4.69, 9.17) is 5.73 Å². The van der Waals surface area contributed by atoms with Gasteiger partial charge in [-0.05, 0) is 30.8 Å². The summed E-state index contributed by atoms with van der Waals surface area (Å²) in [6, 6.07) is 3.36. The van der Waals surface area contributed by atoms with Crippen LogP contribution in [0, 0.1) is 0 Å². The van der Waals surface area contributed by atoms with E-state index in [9.17, 15) is 14.4 Å². The number of carbonyl (C=O) groups excluding carboxylic acids is 3. The maximum absolute atomic E-state index is 12.6. The van der Waals surface area contributed by atoms with Crippen molar-refractivity contribution >= 4 is 29.1 Å². The zero-order valence-electron chi connectivity index (χ0n) is 14.2. The molecule has 1 aromatic rings. The van der Waals surface area contributed by atoms with Crippen LogP contribution < -0.4 is 5.73 Å². The lowest BCUT2D eigenvalue weighted by molar-refractivity contribution is -0.136. The fourth-order valence-electron chi connectivity index (χ4n) is 3.49. The summed E-state index contributed by atoms with van der Waals surface area (Å²) < 4.78 is 0. The van der Waals surface area contributed by atoms with Crippen molar-refractivity contribution in [2.24, 2.45) is 5.73 Å². The Balaban J connectivity index is 1.51. The molecule has 2 fully saturated rings. The van der Waals surface area contributed by atoms with Crippen molar-refractivity contribution in [2.45, 2.75) is 25.3 Å². The standard InChI is InChI=1S/C17H24N4O3S/c18-16(23)13-4-1-2-6-21(13)12-15(22)19-7-9-20(10-8-19)17(24)14-5-3-11-25-14/h3,5,11,13H,1-2,4,6-10,12H2,(H2,18,23)/t13-/m0/s1. The van der Waals surface area contributed by atoms with Crippen molar-refractivity contribution in [3.05, 3.63) is 22.4 Å². The molecule has 3 rings (SSSR count). The fourth-order valence-corrected chi connectivity index (χ4v) is 4.18. The number of likely N-dealkylation sites (tertiary alicyclic amines) is 1. The van der Waals surface area contributed by atoms with Gasteiger partial charge in [0.15, 0.2) is 0 Å². The van der Waals surface area contributed by atoms with Crippen LogP contribution in [0.15, 0.2) is 17.5 Å². The zero-order valence-corrected chi connectivity index (χ0v) is 15.0. The minimum Gasteiger partial charge on any atom is -0.368 e. The van der Waals surface area contributed by atoms with Gasteiger partial charge in [-0.3, -0.25) is 19.3 Å². The second-order valence-corrected chi connectivity index (χ2v) is 7.48. The zero-order chi connectivity index (χ0) is 17.8. The molecule has 2 aliphatic rings. The van der Waals surface area contributed by atoms with Gasteiger partial charge in [0.05, 0.1) is 17.5 Å². The van der Waals surface area contributed by atoms with Gasteiger partial charge in [-0.25, -0.2) is 0 Å². The maximum Gasteiger partial charge on any atom is 0.264 e. The molecule has 1 aromatic heterocycles. The molecule has 2 N–H and O–H groups in total. The second-order valence-electron chi connectivity index (χ2n) is 6.53. The lowest BCUT2D eigenvalue weighted by Gasteiger charge is -2.38. The first kappa shape index (κ1) is 17.9. The van der Waals surface area contributed by atoms with E-state index in [1.807, 2.05) is 22.4 Å². The van der Waals surface area contributed by atoms with Crippen LogP contribution in [0.4, 0.5) is 0 Å². The Hall–Kier alpha value is -1.93. The Kier molecular flexibility index (Phi) is 5.70. The summed E-state index contributed by atoms with van der Waals surface area (Å²) in [6.07, 6.45) is 2.69. The van der Waals surface area contributed by atoms with Crippen LogP contribution in [-0.2, 0) is 9.59 Å². The van der Waals surface area contributed by atoms with Crippen LogP contribution in [0.3, 0.4) is 0 Å². The molecule has 0 aromatic carbocycles. The van der Waals surface area contributed by atoms with Gasteiger partial charge in [-0.1, -0.05) is 12.5 Å². The molecule has 0 aliphatic carbocycles. The number of hydrogen-bond donors (Lipinski definition) is 1. The molecule has 1 atom stereocenters. The highest BCUT2D eigenvalue weighted by atomic mass is 32.1. The Labute approximate surface area is 151 Å². The van der Waals surface area contributed by atoms with Crippen LogP contribution >= 0.6 is 11.3 Å². The predicted octanol–water partition coefficient (Wildman–Crippen LogP) is 0.372. The highest BCUT2D eigenvalue weighted by Crippen LogP contribution is 2.18. The Bertz CT molecular complexity index is 626. The van der Waals surface area contributed by atoms with E-state index < -0.39 is 0 Å². The molecular weight excluding hydrogens is 340 g/mol. The van der Waals surface area contributed by atoms with Crippen molar-refractivity contribution < 1.29 is 14.4 Å². The molecule has 0 bridgehead atoms. The van der Waals surface area contributed by atoms with Crippen LogP contribution in [0.1, 0.15) is 28.9 Å². The van der Waals surface area contributed by atoms with Gasteiger partial charge in [0.1, 0.15) is 0 Å². The summed E-state index contributed by atoms with van der Waals surface area (Å²) in [6.45, 7) is 3.11. The summed E-state index contributed by atoms with van der Waals surface area (Å²) in [5.74, 6) is -0.304. The molecule has 25 heavy (non-hydrogen) atoms. The predicted molar refractivity (Wildman–Crippen MR) is 95.2 cm³/mol. The van der Waals surface area contributed by atoms with E-state index in [1.165, 1.54) is 11.3 Å². The van der Waals surface area contributed by atoms with Crippen molar-refractivity contribution in [1.29, 1.82) is 0 Å². The van der Waals surface area contributed by atoms with Gasteiger partial charge >= 0.3 is 0 Å². The van der Waals surface area contributed by atoms with Crippen molar-refractivity contribution in [3.8, 4) is 0 Å². The Morgan fingerprint density at radius 2 is 1.80 bits per heavy atom. The lowest BCUT2D eigenvalue weighted by Crippen LogP contribution is -2.55. The van der Waals surface area contributed by atoms with E-state index in [-0.39, 0.29) is 30.3 Å². The van der Waals surface area contributed by atoms with E-state index in [1.54, 1.807) is 9.80 Å². The van der Waals surface area contributed by atoms with Crippen molar-refractivity contribution in [1.82, 2.24) is 14.7 Å². The van der Waals surface area contributed by atoms with E-state index in [2.05, 4.69) is 0 Å². The van der Waals surface area contributed by atoms with Crippen molar-refractivity contribution in [3.63, 3.8) is 0 Å². The SMILES string of the molecule is NC(=O)[C@@H]1CCCCN1CC(=O)N1CCN(C(=O)c2cccs2)CC1. The summed E-state index contributed by atoms with van der Waals surface area (Å²) in [5, 5.41) is 1.89. The summed E-state index contributed by atoms with van der Waals surface area (Å²) in [4.78, 5) is 42.7. The normalized spacial score (nSPS) is 22.0. The minimum absolute atomic E-state index is 0.0105. The van der Waals surface area contributed by atoms with Gasteiger partial charge in [0.25, 0.3) is 5.91 Å². The first-order valence-electron chi connectivity index (χ1n) is 8.70. The number of thiophene rings is 1. The summed E-state index contributed by atoms with van der Waals surface area (Å²) in [5.41, 5.74) is 5.46. The second kappa shape index (κ2) is 7.97. The molecule has 0 unspecified atom stereocenters. The summed E-state index contributed by atoms with van der Waals surface area (Å²) >= 11 is 1.44. The largest absolute Gasteiger partial charge is 0.368 e. The van der Waals surface area contributed by atoms with Crippen LogP contribution in [0.5, 0.6) is 0 Å². The molecular formula is C17H24N4O3S. The smallest absolute Gasteiger partial charge is 0.264 e. The molecule has 3 amide bonds. The number of piperidine rings is 1. The van der Waals surface area contributed by atoms with Gasteiger partial charge in [0, 0.05) is 26.2 Å². The third kappa shape index (κ3) is 4.19. The number of nitrogens with two attached hydrogens (primary N) is 1. The molecule has 2 aliphatic heterocycles. The molecule has 0 saturated carbocycles. The van der Waals surface area contributed by atoms with Crippen LogP contribution in [0.2, 0.25) is 0 Å². The monoisotopic (exact) mass is 364 g/mol. The first-order valence-corrected chi connectivity index (χ1v) is 9.58. The molecule has 0 radical (unpaired) electrons.